The van der Waals surface area contributed by atoms with Crippen molar-refractivity contribution in [2.45, 2.75) is 31.9 Å². The number of aryl methyl sites for hydroxylation is 1. The zero-order chi connectivity index (χ0) is 15.5. The molecular formula is C18H18ClNO2. The molecule has 0 spiro atoms. The maximum absolute atomic E-state index is 12.3. The Kier molecular flexibility index (Phi) is 4.34. The van der Waals surface area contributed by atoms with Crippen LogP contribution in [0.3, 0.4) is 0 Å². The van der Waals surface area contributed by atoms with Crippen molar-refractivity contribution in [2.24, 2.45) is 0 Å². The summed E-state index contributed by atoms with van der Waals surface area (Å²) in [6.07, 6.45) is 1.40. The minimum atomic E-state index is -0.547. The lowest BCUT2D eigenvalue weighted by Crippen LogP contribution is -2.38. The van der Waals surface area contributed by atoms with Crippen molar-refractivity contribution < 1.29 is 9.53 Å². The summed E-state index contributed by atoms with van der Waals surface area (Å²) in [6.45, 7) is 1.75. The summed E-state index contributed by atoms with van der Waals surface area (Å²) in [6, 6.07) is 15.3. The van der Waals surface area contributed by atoms with Gasteiger partial charge in [-0.3, -0.25) is 4.79 Å². The van der Waals surface area contributed by atoms with Gasteiger partial charge >= 0.3 is 0 Å². The van der Waals surface area contributed by atoms with Crippen LogP contribution < -0.4 is 10.1 Å². The molecule has 0 aromatic heterocycles. The molecule has 2 atom stereocenters. The van der Waals surface area contributed by atoms with Crippen molar-refractivity contribution in [3.05, 3.63) is 64.7 Å². The molecule has 3 nitrogen and oxygen atoms in total. The lowest BCUT2D eigenvalue weighted by molar-refractivity contribution is -0.128. The van der Waals surface area contributed by atoms with E-state index in [0.717, 1.165) is 12.8 Å². The number of rotatable bonds is 4. The molecular weight excluding hydrogens is 298 g/mol. The molecule has 0 unspecified atom stereocenters. The molecule has 4 heteroatoms. The molecule has 3 rings (SSSR count). The third kappa shape index (κ3) is 3.25. The van der Waals surface area contributed by atoms with Crippen molar-refractivity contribution in [3.8, 4) is 5.75 Å². The Bertz CT molecular complexity index is 669. The highest BCUT2D eigenvalue weighted by atomic mass is 35.5. The van der Waals surface area contributed by atoms with Gasteiger partial charge in [-0.1, -0.05) is 35.9 Å². The van der Waals surface area contributed by atoms with E-state index in [1.54, 1.807) is 31.2 Å². The molecule has 0 bridgehead atoms. The summed E-state index contributed by atoms with van der Waals surface area (Å²) in [7, 11) is 0. The number of ether oxygens (including phenoxy) is 1. The molecule has 0 fully saturated rings. The van der Waals surface area contributed by atoms with Gasteiger partial charge in [0.2, 0.25) is 0 Å². The average Bonchev–Trinajstić information content (AvgIpc) is 2.93. The van der Waals surface area contributed by atoms with Gasteiger partial charge in [0.05, 0.1) is 6.04 Å². The van der Waals surface area contributed by atoms with Gasteiger partial charge < -0.3 is 10.1 Å². The number of fused-ring (bicyclic) bond motifs is 1. The van der Waals surface area contributed by atoms with Crippen LogP contribution in [0.4, 0.5) is 0 Å². The maximum atomic E-state index is 12.3. The molecule has 2 aromatic rings. The van der Waals surface area contributed by atoms with Crippen molar-refractivity contribution in [3.63, 3.8) is 0 Å². The van der Waals surface area contributed by atoms with E-state index in [4.69, 9.17) is 16.3 Å². The van der Waals surface area contributed by atoms with E-state index in [0.29, 0.717) is 10.8 Å². The third-order valence-corrected chi connectivity index (χ3v) is 4.20. The molecule has 1 amide bonds. The molecule has 1 aliphatic rings. The summed E-state index contributed by atoms with van der Waals surface area (Å²) in [5.41, 5.74) is 2.54. The number of amides is 1. The van der Waals surface area contributed by atoms with Crippen molar-refractivity contribution in [1.82, 2.24) is 5.32 Å². The number of hydrogen-bond acceptors (Lipinski definition) is 2. The first kappa shape index (κ1) is 14.9. The summed E-state index contributed by atoms with van der Waals surface area (Å²) >= 11 is 5.84. The molecule has 1 aliphatic carbocycles. The van der Waals surface area contributed by atoms with Crippen LogP contribution in [-0.4, -0.2) is 12.0 Å². The van der Waals surface area contributed by atoms with Gasteiger partial charge in [-0.25, -0.2) is 0 Å². The first-order chi connectivity index (χ1) is 10.6. The minimum Gasteiger partial charge on any atom is -0.481 e. The van der Waals surface area contributed by atoms with Crippen LogP contribution >= 0.6 is 11.6 Å². The Hall–Kier alpha value is -2.00. The fourth-order valence-corrected chi connectivity index (χ4v) is 2.89. The Morgan fingerprint density at radius 1 is 1.23 bits per heavy atom. The van der Waals surface area contributed by atoms with Crippen LogP contribution in [0.5, 0.6) is 5.75 Å². The molecule has 0 saturated carbocycles. The zero-order valence-electron chi connectivity index (χ0n) is 12.4. The summed E-state index contributed by atoms with van der Waals surface area (Å²) in [5, 5.41) is 3.72. The Balaban J connectivity index is 1.61. The molecule has 22 heavy (non-hydrogen) atoms. The van der Waals surface area contributed by atoms with Crippen molar-refractivity contribution in [1.29, 1.82) is 0 Å². The van der Waals surface area contributed by atoms with E-state index in [1.165, 1.54) is 11.1 Å². The molecule has 0 saturated heterocycles. The first-order valence-electron chi connectivity index (χ1n) is 7.44. The largest absolute Gasteiger partial charge is 0.481 e. The van der Waals surface area contributed by atoms with E-state index >= 15 is 0 Å². The van der Waals surface area contributed by atoms with Gasteiger partial charge in [-0.2, -0.15) is 0 Å². The minimum absolute atomic E-state index is 0.0833. The molecule has 0 heterocycles. The van der Waals surface area contributed by atoms with Crippen LogP contribution in [0.2, 0.25) is 5.02 Å². The molecule has 1 N–H and O–H groups in total. The smallest absolute Gasteiger partial charge is 0.261 e. The highest BCUT2D eigenvalue weighted by molar-refractivity contribution is 6.30. The molecule has 2 aromatic carbocycles. The SMILES string of the molecule is C[C@@H](Oc1ccc(Cl)cc1)C(=O)N[C@H]1CCc2ccccc21. The highest BCUT2D eigenvalue weighted by Crippen LogP contribution is 2.30. The number of hydrogen-bond donors (Lipinski definition) is 1. The van der Waals surface area contributed by atoms with E-state index < -0.39 is 6.10 Å². The predicted molar refractivity (Wildman–Crippen MR) is 87.2 cm³/mol. The predicted octanol–water partition coefficient (Wildman–Crippen LogP) is 3.91. The fourth-order valence-electron chi connectivity index (χ4n) is 2.77. The lowest BCUT2D eigenvalue weighted by Gasteiger charge is -2.19. The number of nitrogens with one attached hydrogen (secondary N) is 1. The topological polar surface area (TPSA) is 38.3 Å². The second-order valence-electron chi connectivity index (χ2n) is 5.51. The van der Waals surface area contributed by atoms with Gasteiger partial charge in [-0.15, -0.1) is 0 Å². The van der Waals surface area contributed by atoms with E-state index in [1.807, 2.05) is 12.1 Å². The van der Waals surface area contributed by atoms with Gasteiger partial charge in [0.15, 0.2) is 6.10 Å². The van der Waals surface area contributed by atoms with Crippen LogP contribution in [0.25, 0.3) is 0 Å². The van der Waals surface area contributed by atoms with Crippen LogP contribution in [0.15, 0.2) is 48.5 Å². The Morgan fingerprint density at radius 2 is 1.95 bits per heavy atom. The van der Waals surface area contributed by atoms with Crippen molar-refractivity contribution >= 4 is 17.5 Å². The van der Waals surface area contributed by atoms with Gasteiger partial charge in [0.1, 0.15) is 5.75 Å². The number of carbonyl (C=O) groups excluding carboxylic acids is 1. The summed E-state index contributed by atoms with van der Waals surface area (Å²) in [4.78, 5) is 12.3. The number of carbonyl (C=O) groups is 1. The molecule has 0 aliphatic heterocycles. The molecule has 114 valence electrons. The van der Waals surface area contributed by atoms with Crippen molar-refractivity contribution in [2.75, 3.05) is 0 Å². The van der Waals surface area contributed by atoms with Gasteiger partial charge in [-0.05, 0) is 55.2 Å². The Morgan fingerprint density at radius 3 is 2.73 bits per heavy atom. The monoisotopic (exact) mass is 315 g/mol. The standard InChI is InChI=1S/C18H18ClNO2/c1-12(22-15-9-7-14(19)8-10-15)18(21)20-17-11-6-13-4-2-3-5-16(13)17/h2-5,7-10,12,17H,6,11H2,1H3,(H,20,21)/t12-,17+/m1/s1. The number of halogens is 1. The summed E-state index contributed by atoms with van der Waals surface area (Å²) < 4.78 is 5.66. The van der Waals surface area contributed by atoms with Crippen LogP contribution in [0, 0.1) is 0 Å². The van der Waals surface area contributed by atoms with Gasteiger partial charge in [0.25, 0.3) is 5.91 Å². The summed E-state index contributed by atoms with van der Waals surface area (Å²) in [5.74, 6) is 0.538. The highest BCUT2D eigenvalue weighted by Gasteiger charge is 2.25. The quantitative estimate of drug-likeness (QED) is 0.929. The fraction of sp³-hybridized carbons (Fsp3) is 0.278. The lowest BCUT2D eigenvalue weighted by atomic mass is 10.1. The van der Waals surface area contributed by atoms with E-state index in [-0.39, 0.29) is 11.9 Å². The van der Waals surface area contributed by atoms with E-state index in [9.17, 15) is 4.79 Å². The maximum Gasteiger partial charge on any atom is 0.261 e. The third-order valence-electron chi connectivity index (χ3n) is 3.95. The van der Waals surface area contributed by atoms with Crippen LogP contribution in [0.1, 0.15) is 30.5 Å². The Labute approximate surface area is 135 Å². The van der Waals surface area contributed by atoms with Gasteiger partial charge in [0, 0.05) is 5.02 Å². The zero-order valence-corrected chi connectivity index (χ0v) is 13.1. The second kappa shape index (κ2) is 6.41. The van der Waals surface area contributed by atoms with Crippen LogP contribution in [-0.2, 0) is 11.2 Å². The normalized spacial score (nSPS) is 17.6. The first-order valence-corrected chi connectivity index (χ1v) is 7.81. The molecule has 0 radical (unpaired) electrons. The van der Waals surface area contributed by atoms with E-state index in [2.05, 4.69) is 17.4 Å². The number of benzene rings is 2. The average molecular weight is 316 g/mol. The second-order valence-corrected chi connectivity index (χ2v) is 5.95.